The SMILES string of the molecule is N#Cc1cncc(COc2cc(OCc3cccc(Br)c3C#N)c(Cl)cc2C=O)c1. The minimum absolute atomic E-state index is 0.106. The van der Waals surface area contributed by atoms with Gasteiger partial charge in [-0.15, -0.1) is 0 Å². The third-order valence-electron chi connectivity index (χ3n) is 4.10. The molecule has 0 spiro atoms. The maximum Gasteiger partial charge on any atom is 0.153 e. The molecule has 0 aliphatic heterocycles. The number of carbonyl (C=O) groups excluding carboxylic acids is 1. The highest BCUT2D eigenvalue weighted by molar-refractivity contribution is 9.10. The Bertz CT molecular complexity index is 1190. The Labute approximate surface area is 186 Å². The molecule has 0 saturated carbocycles. The molecular weight excluding hydrogens is 470 g/mol. The van der Waals surface area contributed by atoms with Gasteiger partial charge in [0.05, 0.1) is 21.7 Å². The molecule has 2 aromatic carbocycles. The average molecular weight is 483 g/mol. The molecule has 3 aromatic rings. The predicted octanol–water partition coefficient (Wildman–Crippen LogP) is 5.21. The summed E-state index contributed by atoms with van der Waals surface area (Å²) >= 11 is 9.59. The quantitative estimate of drug-likeness (QED) is 0.429. The monoisotopic (exact) mass is 481 g/mol. The molecule has 0 unspecified atom stereocenters. The zero-order chi connectivity index (χ0) is 21.5. The van der Waals surface area contributed by atoms with Crippen LogP contribution in [0.25, 0.3) is 0 Å². The molecule has 0 atom stereocenters. The normalized spacial score (nSPS) is 10.0. The molecular formula is C22H13BrClN3O3. The van der Waals surface area contributed by atoms with Gasteiger partial charge in [-0.25, -0.2) is 0 Å². The number of aldehydes is 1. The number of aromatic nitrogens is 1. The van der Waals surface area contributed by atoms with E-state index in [1.54, 1.807) is 30.5 Å². The summed E-state index contributed by atoms with van der Waals surface area (Å²) in [6.07, 6.45) is 3.66. The topological polar surface area (TPSA) is 96.0 Å². The van der Waals surface area contributed by atoms with Crippen LogP contribution >= 0.6 is 27.5 Å². The summed E-state index contributed by atoms with van der Waals surface area (Å²) in [5.41, 5.74) is 2.51. The molecule has 8 heteroatoms. The van der Waals surface area contributed by atoms with E-state index in [4.69, 9.17) is 26.3 Å². The Hall–Kier alpha value is -3.39. The standard InChI is InChI=1S/C22H13BrClN3O3/c23-19-3-1-2-16(18(19)8-26)13-30-22-6-21(17(11-28)5-20(22)24)29-12-15-4-14(7-25)9-27-10-15/h1-6,9-11H,12-13H2. The second-order valence-electron chi connectivity index (χ2n) is 6.10. The molecule has 148 valence electrons. The van der Waals surface area contributed by atoms with Gasteiger partial charge in [0.1, 0.15) is 36.9 Å². The number of hydrogen-bond donors (Lipinski definition) is 0. The first-order chi connectivity index (χ1) is 14.5. The summed E-state index contributed by atoms with van der Waals surface area (Å²) in [7, 11) is 0. The molecule has 1 aromatic heterocycles. The number of benzene rings is 2. The van der Waals surface area contributed by atoms with Crippen LogP contribution in [0.1, 0.15) is 32.6 Å². The van der Waals surface area contributed by atoms with Gasteiger partial charge in [0.2, 0.25) is 0 Å². The van der Waals surface area contributed by atoms with Crippen molar-refractivity contribution in [3.8, 4) is 23.6 Å². The van der Waals surface area contributed by atoms with Crippen LogP contribution in [0.3, 0.4) is 0 Å². The molecule has 0 amide bonds. The Kier molecular flexibility index (Phi) is 7.03. The fraction of sp³-hybridized carbons (Fsp3) is 0.0909. The van der Waals surface area contributed by atoms with Crippen LogP contribution in [0.5, 0.6) is 11.5 Å². The van der Waals surface area contributed by atoms with Gasteiger partial charge >= 0.3 is 0 Å². The number of rotatable bonds is 7. The predicted molar refractivity (Wildman–Crippen MR) is 113 cm³/mol. The number of halogens is 2. The zero-order valence-corrected chi connectivity index (χ0v) is 17.8. The van der Waals surface area contributed by atoms with Gasteiger partial charge in [-0.3, -0.25) is 9.78 Å². The minimum Gasteiger partial charge on any atom is -0.488 e. The lowest BCUT2D eigenvalue weighted by Crippen LogP contribution is -2.02. The van der Waals surface area contributed by atoms with E-state index in [1.807, 2.05) is 6.07 Å². The van der Waals surface area contributed by atoms with Crippen LogP contribution in [0.2, 0.25) is 5.02 Å². The van der Waals surface area contributed by atoms with Gasteiger partial charge in [0.15, 0.2) is 6.29 Å². The number of nitriles is 2. The highest BCUT2D eigenvalue weighted by Crippen LogP contribution is 2.33. The lowest BCUT2D eigenvalue weighted by atomic mass is 10.1. The molecule has 30 heavy (non-hydrogen) atoms. The summed E-state index contributed by atoms with van der Waals surface area (Å²) in [4.78, 5) is 15.4. The summed E-state index contributed by atoms with van der Waals surface area (Å²) in [5, 5.41) is 18.5. The van der Waals surface area contributed by atoms with Gasteiger partial charge < -0.3 is 9.47 Å². The van der Waals surface area contributed by atoms with E-state index in [9.17, 15) is 10.1 Å². The summed E-state index contributed by atoms with van der Waals surface area (Å²) in [6.45, 7) is 0.213. The first-order valence-corrected chi connectivity index (χ1v) is 9.78. The number of ether oxygens (including phenoxy) is 2. The Morgan fingerprint density at radius 2 is 1.87 bits per heavy atom. The Morgan fingerprint density at radius 3 is 2.60 bits per heavy atom. The van der Waals surface area contributed by atoms with Crippen LogP contribution < -0.4 is 9.47 Å². The molecule has 1 heterocycles. The maximum atomic E-state index is 11.4. The number of nitrogens with zero attached hydrogens (tertiary/aromatic N) is 3. The third kappa shape index (κ3) is 4.96. The van der Waals surface area contributed by atoms with Crippen molar-refractivity contribution in [2.75, 3.05) is 0 Å². The fourth-order valence-electron chi connectivity index (χ4n) is 2.64. The molecule has 0 aliphatic carbocycles. The van der Waals surface area contributed by atoms with Crippen LogP contribution in [0, 0.1) is 22.7 Å². The van der Waals surface area contributed by atoms with Crippen molar-refractivity contribution in [1.29, 1.82) is 10.5 Å². The van der Waals surface area contributed by atoms with Crippen molar-refractivity contribution in [3.63, 3.8) is 0 Å². The van der Waals surface area contributed by atoms with Gasteiger partial charge in [0.25, 0.3) is 0 Å². The number of carbonyl (C=O) groups is 1. The van der Waals surface area contributed by atoms with Crippen LogP contribution in [-0.4, -0.2) is 11.3 Å². The second-order valence-corrected chi connectivity index (χ2v) is 7.36. The Balaban J connectivity index is 1.81. The number of pyridine rings is 1. The van der Waals surface area contributed by atoms with E-state index in [0.29, 0.717) is 38.8 Å². The first-order valence-electron chi connectivity index (χ1n) is 8.61. The van der Waals surface area contributed by atoms with Crippen molar-refractivity contribution in [2.45, 2.75) is 13.2 Å². The van der Waals surface area contributed by atoms with E-state index in [-0.39, 0.29) is 29.5 Å². The lowest BCUT2D eigenvalue weighted by molar-refractivity contribution is 0.111. The fourth-order valence-corrected chi connectivity index (χ4v) is 3.36. The molecule has 0 saturated heterocycles. The van der Waals surface area contributed by atoms with Gasteiger partial charge in [-0.1, -0.05) is 23.7 Å². The van der Waals surface area contributed by atoms with Gasteiger partial charge in [-0.05, 0) is 34.1 Å². The first kappa shape index (κ1) is 21.3. The minimum atomic E-state index is 0.106. The molecule has 0 bridgehead atoms. The molecule has 3 rings (SSSR count). The molecule has 6 nitrogen and oxygen atoms in total. The smallest absolute Gasteiger partial charge is 0.153 e. The highest BCUT2D eigenvalue weighted by atomic mass is 79.9. The van der Waals surface area contributed by atoms with Crippen LogP contribution in [-0.2, 0) is 13.2 Å². The molecule has 0 radical (unpaired) electrons. The van der Waals surface area contributed by atoms with Crippen molar-refractivity contribution >= 4 is 33.8 Å². The maximum absolute atomic E-state index is 11.4. The lowest BCUT2D eigenvalue weighted by Gasteiger charge is -2.14. The van der Waals surface area contributed by atoms with Gasteiger partial charge in [0, 0.05) is 34.1 Å². The summed E-state index contributed by atoms with van der Waals surface area (Å²) in [5.74, 6) is 0.589. The van der Waals surface area contributed by atoms with E-state index < -0.39 is 0 Å². The molecule has 0 N–H and O–H groups in total. The zero-order valence-electron chi connectivity index (χ0n) is 15.4. The van der Waals surface area contributed by atoms with Crippen LogP contribution in [0.4, 0.5) is 0 Å². The van der Waals surface area contributed by atoms with Crippen molar-refractivity contribution < 1.29 is 14.3 Å². The van der Waals surface area contributed by atoms with Gasteiger partial charge in [-0.2, -0.15) is 10.5 Å². The van der Waals surface area contributed by atoms with Crippen molar-refractivity contribution in [3.05, 3.63) is 86.1 Å². The molecule has 0 fully saturated rings. The highest BCUT2D eigenvalue weighted by Gasteiger charge is 2.13. The average Bonchev–Trinajstić information content (AvgIpc) is 2.77. The van der Waals surface area contributed by atoms with E-state index in [0.717, 1.165) is 0 Å². The number of hydrogen-bond acceptors (Lipinski definition) is 6. The van der Waals surface area contributed by atoms with Crippen LogP contribution in [0.15, 0.2) is 53.3 Å². The van der Waals surface area contributed by atoms with E-state index >= 15 is 0 Å². The summed E-state index contributed by atoms with van der Waals surface area (Å²) < 4.78 is 12.2. The summed E-state index contributed by atoms with van der Waals surface area (Å²) in [6, 6.07) is 14.1. The van der Waals surface area contributed by atoms with Crippen molar-refractivity contribution in [1.82, 2.24) is 4.98 Å². The third-order valence-corrected chi connectivity index (χ3v) is 5.06. The van der Waals surface area contributed by atoms with E-state index in [2.05, 4.69) is 27.0 Å². The second kappa shape index (κ2) is 9.89. The largest absolute Gasteiger partial charge is 0.488 e. The molecule has 0 aliphatic rings. The Morgan fingerprint density at radius 1 is 1.07 bits per heavy atom. The van der Waals surface area contributed by atoms with E-state index in [1.165, 1.54) is 18.3 Å². The van der Waals surface area contributed by atoms with Crippen molar-refractivity contribution in [2.24, 2.45) is 0 Å².